The average Bonchev–Trinajstić information content (AvgIpc) is 2.45. The fraction of sp³-hybridized carbons (Fsp3) is 0.235. The van der Waals surface area contributed by atoms with Gasteiger partial charge in [0.05, 0.1) is 12.0 Å². The van der Waals surface area contributed by atoms with Crippen LogP contribution < -0.4 is 0 Å². The molecule has 1 atom stereocenters. The van der Waals surface area contributed by atoms with Crippen LogP contribution in [0.3, 0.4) is 0 Å². The zero-order valence-electron chi connectivity index (χ0n) is 11.5. The van der Waals surface area contributed by atoms with Crippen molar-refractivity contribution in [2.75, 3.05) is 13.6 Å². The third kappa shape index (κ3) is 3.91. The van der Waals surface area contributed by atoms with Gasteiger partial charge in [0.2, 0.25) is 0 Å². The van der Waals surface area contributed by atoms with Crippen LogP contribution in [0.1, 0.15) is 17.0 Å². The van der Waals surface area contributed by atoms with Crippen molar-refractivity contribution in [2.45, 2.75) is 12.5 Å². The highest BCUT2D eigenvalue weighted by atomic mass is 19.1. The molecule has 0 aliphatic carbocycles. The van der Waals surface area contributed by atoms with Gasteiger partial charge in [-0.25, -0.2) is 4.39 Å². The Hall–Kier alpha value is -2.18. The summed E-state index contributed by atoms with van der Waals surface area (Å²) in [5.41, 5.74) is 1.93. The molecular formula is C17H17FN2. The number of rotatable bonds is 5. The Balaban J connectivity index is 2.00. The summed E-state index contributed by atoms with van der Waals surface area (Å²) < 4.78 is 13.1. The first-order valence-electron chi connectivity index (χ1n) is 6.56. The first-order chi connectivity index (χ1) is 9.69. The summed E-state index contributed by atoms with van der Waals surface area (Å²) in [7, 11) is 1.94. The van der Waals surface area contributed by atoms with Crippen molar-refractivity contribution in [2.24, 2.45) is 0 Å². The van der Waals surface area contributed by atoms with Crippen molar-refractivity contribution in [3.63, 3.8) is 0 Å². The number of hydrogen-bond donors (Lipinski definition) is 0. The van der Waals surface area contributed by atoms with Crippen LogP contribution in [0, 0.1) is 17.1 Å². The van der Waals surface area contributed by atoms with Crippen LogP contribution in [0.25, 0.3) is 0 Å². The van der Waals surface area contributed by atoms with Crippen molar-refractivity contribution in [1.29, 1.82) is 5.26 Å². The Labute approximate surface area is 119 Å². The molecule has 0 heterocycles. The Morgan fingerprint density at radius 2 is 1.90 bits per heavy atom. The minimum atomic E-state index is -0.226. The molecule has 0 fully saturated rings. The van der Waals surface area contributed by atoms with Gasteiger partial charge in [-0.2, -0.15) is 5.26 Å². The van der Waals surface area contributed by atoms with Crippen LogP contribution in [-0.4, -0.2) is 18.5 Å². The molecule has 102 valence electrons. The van der Waals surface area contributed by atoms with Crippen LogP contribution in [0.5, 0.6) is 0 Å². The Bertz CT molecular complexity index is 589. The lowest BCUT2D eigenvalue weighted by Gasteiger charge is -2.20. The SMILES string of the molecule is CN(Cc1cccc(F)c1)CC(C#N)c1ccccc1. The smallest absolute Gasteiger partial charge is 0.123 e. The van der Waals surface area contributed by atoms with Gasteiger partial charge < -0.3 is 4.90 Å². The summed E-state index contributed by atoms with van der Waals surface area (Å²) in [6.07, 6.45) is 0. The molecule has 3 heteroatoms. The lowest BCUT2D eigenvalue weighted by atomic mass is 10.00. The largest absolute Gasteiger partial charge is 0.300 e. The third-order valence-corrected chi connectivity index (χ3v) is 3.19. The molecule has 2 aromatic carbocycles. The fourth-order valence-corrected chi connectivity index (χ4v) is 2.23. The molecule has 1 unspecified atom stereocenters. The Morgan fingerprint density at radius 1 is 1.15 bits per heavy atom. The van der Waals surface area contributed by atoms with Crippen molar-refractivity contribution in [1.82, 2.24) is 4.90 Å². The van der Waals surface area contributed by atoms with E-state index in [0.717, 1.165) is 11.1 Å². The fourth-order valence-electron chi connectivity index (χ4n) is 2.23. The van der Waals surface area contributed by atoms with E-state index in [4.69, 9.17) is 0 Å². The van der Waals surface area contributed by atoms with Gasteiger partial charge in [-0.05, 0) is 30.3 Å². The average molecular weight is 268 g/mol. The van der Waals surface area contributed by atoms with E-state index in [0.29, 0.717) is 13.1 Å². The first-order valence-corrected chi connectivity index (χ1v) is 6.56. The van der Waals surface area contributed by atoms with Gasteiger partial charge in [-0.15, -0.1) is 0 Å². The normalized spacial score (nSPS) is 12.1. The summed E-state index contributed by atoms with van der Waals surface area (Å²) in [6.45, 7) is 1.25. The molecule has 0 bridgehead atoms. The van der Waals surface area contributed by atoms with Gasteiger partial charge in [0.25, 0.3) is 0 Å². The van der Waals surface area contributed by atoms with E-state index in [1.54, 1.807) is 6.07 Å². The monoisotopic (exact) mass is 268 g/mol. The summed E-state index contributed by atoms with van der Waals surface area (Å²) in [4.78, 5) is 2.04. The number of nitrogens with zero attached hydrogens (tertiary/aromatic N) is 2. The highest BCUT2D eigenvalue weighted by Gasteiger charge is 2.13. The van der Waals surface area contributed by atoms with Gasteiger partial charge in [0.15, 0.2) is 0 Å². The second-order valence-electron chi connectivity index (χ2n) is 4.92. The van der Waals surface area contributed by atoms with Gasteiger partial charge in [0.1, 0.15) is 5.82 Å². The van der Waals surface area contributed by atoms with E-state index in [9.17, 15) is 9.65 Å². The van der Waals surface area contributed by atoms with Gasteiger partial charge in [-0.1, -0.05) is 42.5 Å². The molecule has 2 rings (SSSR count). The molecule has 0 aliphatic rings. The minimum absolute atomic E-state index is 0.172. The zero-order chi connectivity index (χ0) is 14.4. The zero-order valence-corrected chi connectivity index (χ0v) is 11.5. The molecule has 2 nitrogen and oxygen atoms in total. The molecule has 0 saturated heterocycles. The second kappa shape index (κ2) is 6.83. The number of likely N-dealkylation sites (N-methyl/N-ethyl adjacent to an activating group) is 1. The molecular weight excluding hydrogens is 251 g/mol. The predicted octanol–water partition coefficient (Wildman–Crippen LogP) is 3.56. The van der Waals surface area contributed by atoms with E-state index in [-0.39, 0.29) is 11.7 Å². The first kappa shape index (κ1) is 14.2. The molecule has 0 aliphatic heterocycles. The van der Waals surface area contributed by atoms with E-state index in [2.05, 4.69) is 6.07 Å². The van der Waals surface area contributed by atoms with E-state index in [1.807, 2.05) is 48.3 Å². The van der Waals surface area contributed by atoms with Crippen molar-refractivity contribution >= 4 is 0 Å². The van der Waals surface area contributed by atoms with Crippen LogP contribution >= 0.6 is 0 Å². The van der Waals surface area contributed by atoms with E-state index < -0.39 is 0 Å². The second-order valence-corrected chi connectivity index (χ2v) is 4.92. The molecule has 0 amide bonds. The van der Waals surface area contributed by atoms with Gasteiger partial charge >= 0.3 is 0 Å². The molecule has 0 saturated carbocycles. The van der Waals surface area contributed by atoms with E-state index >= 15 is 0 Å². The van der Waals surface area contributed by atoms with Crippen molar-refractivity contribution < 1.29 is 4.39 Å². The molecule has 2 aromatic rings. The van der Waals surface area contributed by atoms with Gasteiger partial charge in [0, 0.05) is 13.1 Å². The molecule has 0 radical (unpaired) electrons. The van der Waals surface area contributed by atoms with Gasteiger partial charge in [-0.3, -0.25) is 0 Å². The standard InChI is InChI=1S/C17H17FN2/c1-20(12-14-6-5-9-17(18)10-14)13-16(11-19)15-7-3-2-4-8-15/h2-10,16H,12-13H2,1H3. The third-order valence-electron chi connectivity index (χ3n) is 3.19. The topological polar surface area (TPSA) is 27.0 Å². The van der Waals surface area contributed by atoms with Crippen LogP contribution in [0.4, 0.5) is 4.39 Å². The minimum Gasteiger partial charge on any atom is -0.300 e. The van der Waals surface area contributed by atoms with Crippen molar-refractivity contribution in [3.05, 3.63) is 71.5 Å². The lowest BCUT2D eigenvalue weighted by molar-refractivity contribution is 0.319. The van der Waals surface area contributed by atoms with Crippen LogP contribution in [0.2, 0.25) is 0 Å². The Kier molecular flexibility index (Phi) is 4.86. The number of nitriles is 1. The summed E-state index contributed by atoms with van der Waals surface area (Å²) in [5, 5.41) is 9.30. The maximum absolute atomic E-state index is 13.1. The predicted molar refractivity (Wildman–Crippen MR) is 77.5 cm³/mol. The van der Waals surface area contributed by atoms with Crippen LogP contribution in [-0.2, 0) is 6.54 Å². The summed E-state index contributed by atoms with van der Waals surface area (Å²) in [5.74, 6) is -0.398. The highest BCUT2D eigenvalue weighted by molar-refractivity contribution is 5.25. The van der Waals surface area contributed by atoms with Crippen molar-refractivity contribution in [3.8, 4) is 6.07 Å². The molecule has 0 N–H and O–H groups in total. The van der Waals surface area contributed by atoms with E-state index in [1.165, 1.54) is 12.1 Å². The quantitative estimate of drug-likeness (QED) is 0.829. The molecule has 0 aromatic heterocycles. The highest BCUT2D eigenvalue weighted by Crippen LogP contribution is 2.16. The maximum atomic E-state index is 13.1. The summed E-state index contributed by atoms with van der Waals surface area (Å²) in [6, 6.07) is 18.6. The number of benzene rings is 2. The molecule has 0 spiro atoms. The number of hydrogen-bond acceptors (Lipinski definition) is 2. The lowest BCUT2D eigenvalue weighted by Crippen LogP contribution is -2.23. The molecule has 20 heavy (non-hydrogen) atoms. The maximum Gasteiger partial charge on any atom is 0.123 e. The Morgan fingerprint density at radius 3 is 2.55 bits per heavy atom. The van der Waals surface area contributed by atoms with Crippen LogP contribution in [0.15, 0.2) is 54.6 Å². The summed E-state index contributed by atoms with van der Waals surface area (Å²) >= 11 is 0. The number of halogens is 1.